The molecule has 2 heterocycles. The molecule has 19 heavy (non-hydrogen) atoms. The first-order chi connectivity index (χ1) is 9.13. The molecular weight excluding hydrogens is 246 g/mol. The Balaban J connectivity index is 2.22. The van der Waals surface area contributed by atoms with Crippen LogP contribution in [0, 0.1) is 0 Å². The van der Waals surface area contributed by atoms with E-state index in [1.54, 1.807) is 11.9 Å². The Morgan fingerprint density at radius 2 is 2.21 bits per heavy atom. The number of rotatable bonds is 2. The Kier molecular flexibility index (Phi) is 3.99. The van der Waals surface area contributed by atoms with Gasteiger partial charge in [0, 0.05) is 19.8 Å². The van der Waals surface area contributed by atoms with Gasteiger partial charge in [-0.1, -0.05) is 0 Å². The summed E-state index contributed by atoms with van der Waals surface area (Å²) in [6, 6.07) is 0.929. The zero-order valence-electron chi connectivity index (χ0n) is 10.8. The van der Waals surface area contributed by atoms with Gasteiger partial charge in [-0.2, -0.15) is 0 Å². The van der Waals surface area contributed by atoms with Crippen molar-refractivity contribution in [3.05, 3.63) is 24.0 Å². The Morgan fingerprint density at radius 3 is 2.89 bits per heavy atom. The molecular formula is C13H17N3O3. The molecule has 0 bridgehead atoms. The summed E-state index contributed by atoms with van der Waals surface area (Å²) in [6.07, 6.45) is 5.14. The number of hydrogen-bond acceptors (Lipinski definition) is 4. The summed E-state index contributed by atoms with van der Waals surface area (Å²) in [6.45, 7) is 0.548. The van der Waals surface area contributed by atoms with E-state index in [4.69, 9.17) is 0 Å². The minimum Gasteiger partial charge on any atom is -0.506 e. The molecule has 0 radical (unpaired) electrons. The molecule has 2 rings (SSSR count). The second kappa shape index (κ2) is 5.69. The molecule has 1 aromatic rings. The minimum atomic E-state index is -0.436. The van der Waals surface area contributed by atoms with Crippen LogP contribution in [-0.2, 0) is 4.79 Å². The number of carbonyl (C=O) groups is 2. The predicted molar refractivity (Wildman–Crippen MR) is 68.6 cm³/mol. The van der Waals surface area contributed by atoms with Crippen molar-refractivity contribution in [2.75, 3.05) is 13.6 Å². The van der Waals surface area contributed by atoms with Gasteiger partial charge in [0.1, 0.15) is 11.8 Å². The van der Waals surface area contributed by atoms with Gasteiger partial charge in [0.05, 0.1) is 11.8 Å². The number of carbonyl (C=O) groups excluding carboxylic acids is 2. The minimum absolute atomic E-state index is 0.0562. The van der Waals surface area contributed by atoms with Crippen LogP contribution in [0.4, 0.5) is 0 Å². The molecule has 6 heteroatoms. The van der Waals surface area contributed by atoms with Gasteiger partial charge in [0.25, 0.3) is 5.91 Å². The smallest absolute Gasteiger partial charge is 0.256 e. The Bertz CT molecular complexity index is 490. The maximum atomic E-state index is 12.4. The molecule has 6 nitrogen and oxygen atoms in total. The lowest BCUT2D eigenvalue weighted by molar-refractivity contribution is -0.126. The zero-order chi connectivity index (χ0) is 13.8. The summed E-state index contributed by atoms with van der Waals surface area (Å²) >= 11 is 0. The largest absolute Gasteiger partial charge is 0.506 e. The number of amides is 2. The number of likely N-dealkylation sites (N-methyl/N-ethyl adjacent to an activating group) is 1. The molecule has 1 aliphatic heterocycles. The SMILES string of the molecule is CNC(=O)C1CCCCN1C(=O)c1cncc(O)c1. The third-order valence-electron chi connectivity index (χ3n) is 3.28. The highest BCUT2D eigenvalue weighted by molar-refractivity contribution is 5.97. The van der Waals surface area contributed by atoms with Crippen molar-refractivity contribution in [3.8, 4) is 5.75 Å². The monoisotopic (exact) mass is 263 g/mol. The first-order valence-corrected chi connectivity index (χ1v) is 6.30. The van der Waals surface area contributed by atoms with Gasteiger partial charge in [0.2, 0.25) is 5.91 Å². The summed E-state index contributed by atoms with van der Waals surface area (Å²) in [5.41, 5.74) is 0.302. The lowest BCUT2D eigenvalue weighted by atomic mass is 10.0. The molecule has 1 aliphatic rings. The molecule has 0 spiro atoms. The van der Waals surface area contributed by atoms with Crippen LogP contribution in [0.1, 0.15) is 29.6 Å². The standard InChI is InChI=1S/C13H17N3O3/c1-14-12(18)11-4-2-3-5-16(11)13(19)9-6-10(17)8-15-7-9/h6-8,11,17H,2-5H2,1H3,(H,14,18). The molecule has 2 N–H and O–H groups in total. The van der Waals surface area contributed by atoms with Crippen molar-refractivity contribution in [2.24, 2.45) is 0 Å². The summed E-state index contributed by atoms with van der Waals surface area (Å²) in [4.78, 5) is 29.5. The number of hydrogen-bond donors (Lipinski definition) is 2. The van der Waals surface area contributed by atoms with Gasteiger partial charge in [-0.15, -0.1) is 0 Å². The average molecular weight is 263 g/mol. The van der Waals surface area contributed by atoms with Gasteiger partial charge in [-0.3, -0.25) is 14.6 Å². The normalized spacial score (nSPS) is 19.0. The molecule has 0 aromatic carbocycles. The fourth-order valence-corrected chi connectivity index (χ4v) is 2.32. The molecule has 0 saturated carbocycles. The van der Waals surface area contributed by atoms with E-state index >= 15 is 0 Å². The maximum absolute atomic E-state index is 12.4. The van der Waals surface area contributed by atoms with Gasteiger partial charge >= 0.3 is 0 Å². The van der Waals surface area contributed by atoms with Gasteiger partial charge < -0.3 is 15.3 Å². The highest BCUT2D eigenvalue weighted by Gasteiger charge is 2.32. The van der Waals surface area contributed by atoms with Crippen molar-refractivity contribution in [2.45, 2.75) is 25.3 Å². The van der Waals surface area contributed by atoms with Gasteiger partial charge in [-0.05, 0) is 25.3 Å². The Labute approximate surface area is 111 Å². The molecule has 2 amide bonds. The number of aromatic hydroxyl groups is 1. The lowest BCUT2D eigenvalue weighted by Gasteiger charge is -2.34. The second-order valence-electron chi connectivity index (χ2n) is 4.56. The predicted octanol–water partition coefficient (Wildman–Crippen LogP) is 0.528. The number of nitrogens with zero attached hydrogens (tertiary/aromatic N) is 2. The fraction of sp³-hybridized carbons (Fsp3) is 0.462. The second-order valence-corrected chi connectivity index (χ2v) is 4.56. The summed E-state index contributed by atoms with van der Waals surface area (Å²) in [7, 11) is 1.56. The van der Waals surface area contributed by atoms with E-state index < -0.39 is 6.04 Å². The van der Waals surface area contributed by atoms with E-state index in [0.29, 0.717) is 18.5 Å². The first kappa shape index (κ1) is 13.3. The van der Waals surface area contributed by atoms with E-state index in [1.165, 1.54) is 18.5 Å². The van der Waals surface area contributed by atoms with Crippen molar-refractivity contribution in [1.82, 2.24) is 15.2 Å². The molecule has 1 unspecified atom stereocenters. The molecule has 1 aromatic heterocycles. The number of piperidine rings is 1. The molecule has 0 aliphatic carbocycles. The fourth-order valence-electron chi connectivity index (χ4n) is 2.32. The lowest BCUT2D eigenvalue weighted by Crippen LogP contribution is -2.51. The van der Waals surface area contributed by atoms with Gasteiger partial charge in [0.15, 0.2) is 0 Å². The summed E-state index contributed by atoms with van der Waals surface area (Å²) in [5.74, 6) is -0.475. The van der Waals surface area contributed by atoms with Crippen LogP contribution in [0.25, 0.3) is 0 Å². The highest BCUT2D eigenvalue weighted by Crippen LogP contribution is 2.20. The van der Waals surface area contributed by atoms with E-state index in [0.717, 1.165) is 12.8 Å². The topological polar surface area (TPSA) is 82.5 Å². The third-order valence-corrected chi connectivity index (χ3v) is 3.28. The third kappa shape index (κ3) is 2.83. The van der Waals surface area contributed by atoms with Crippen molar-refractivity contribution >= 4 is 11.8 Å². The quantitative estimate of drug-likeness (QED) is 0.815. The van der Waals surface area contributed by atoms with Crippen LogP contribution >= 0.6 is 0 Å². The highest BCUT2D eigenvalue weighted by atomic mass is 16.3. The van der Waals surface area contributed by atoms with E-state index in [2.05, 4.69) is 10.3 Å². The van der Waals surface area contributed by atoms with Crippen LogP contribution in [0.3, 0.4) is 0 Å². The number of pyridine rings is 1. The van der Waals surface area contributed by atoms with Crippen molar-refractivity contribution in [3.63, 3.8) is 0 Å². The summed E-state index contributed by atoms with van der Waals surface area (Å²) in [5, 5.41) is 12.0. The van der Waals surface area contributed by atoms with Crippen LogP contribution in [0.2, 0.25) is 0 Å². The number of aromatic nitrogens is 1. The van der Waals surface area contributed by atoms with Gasteiger partial charge in [-0.25, -0.2) is 0 Å². The van der Waals surface area contributed by atoms with Crippen LogP contribution < -0.4 is 5.32 Å². The Morgan fingerprint density at radius 1 is 1.42 bits per heavy atom. The average Bonchev–Trinajstić information content (AvgIpc) is 2.45. The van der Waals surface area contributed by atoms with Crippen LogP contribution in [-0.4, -0.2) is 46.4 Å². The molecule has 1 atom stereocenters. The number of likely N-dealkylation sites (tertiary alicyclic amines) is 1. The van der Waals surface area contributed by atoms with E-state index in [9.17, 15) is 14.7 Å². The van der Waals surface area contributed by atoms with E-state index in [-0.39, 0.29) is 17.6 Å². The maximum Gasteiger partial charge on any atom is 0.256 e. The van der Waals surface area contributed by atoms with Crippen LogP contribution in [0.5, 0.6) is 5.75 Å². The molecule has 102 valence electrons. The van der Waals surface area contributed by atoms with Crippen molar-refractivity contribution < 1.29 is 14.7 Å². The summed E-state index contributed by atoms with van der Waals surface area (Å²) < 4.78 is 0. The first-order valence-electron chi connectivity index (χ1n) is 6.30. The van der Waals surface area contributed by atoms with Crippen LogP contribution in [0.15, 0.2) is 18.5 Å². The Hall–Kier alpha value is -2.11. The number of nitrogens with one attached hydrogen (secondary N) is 1. The molecule has 1 fully saturated rings. The van der Waals surface area contributed by atoms with Crippen molar-refractivity contribution in [1.29, 1.82) is 0 Å². The van der Waals surface area contributed by atoms with E-state index in [1.807, 2.05) is 0 Å². The zero-order valence-corrected chi connectivity index (χ0v) is 10.8. The molecule has 1 saturated heterocycles.